The third-order valence-corrected chi connectivity index (χ3v) is 4.82. The maximum Gasteiger partial charge on any atom is 0.338 e. The molecule has 3 rings (SSSR count). The van der Waals surface area contributed by atoms with Gasteiger partial charge in [-0.2, -0.15) is 0 Å². The van der Waals surface area contributed by atoms with Crippen molar-refractivity contribution in [3.8, 4) is 0 Å². The predicted octanol–water partition coefficient (Wildman–Crippen LogP) is 2.79. The molecule has 1 saturated carbocycles. The number of hydrogen-bond acceptors (Lipinski definition) is 4. The van der Waals surface area contributed by atoms with Crippen LogP contribution < -0.4 is 4.90 Å². The molecule has 0 N–H and O–H groups in total. The van der Waals surface area contributed by atoms with Crippen LogP contribution in [-0.4, -0.2) is 24.4 Å². The Kier molecular flexibility index (Phi) is 4.20. The van der Waals surface area contributed by atoms with E-state index in [4.69, 9.17) is 4.74 Å². The van der Waals surface area contributed by atoms with Crippen molar-refractivity contribution in [1.82, 2.24) is 0 Å². The fraction of sp³-hybridized carbons (Fsp3) is 0.500. The Bertz CT molecular complexity index is 637. The molecule has 0 radical (unpaired) electrons. The summed E-state index contributed by atoms with van der Waals surface area (Å²) >= 11 is 0. The summed E-state index contributed by atoms with van der Waals surface area (Å²) in [4.78, 5) is 38.2. The van der Waals surface area contributed by atoms with Gasteiger partial charge in [0, 0.05) is 0 Å². The molecule has 1 aromatic carbocycles. The van der Waals surface area contributed by atoms with Crippen LogP contribution in [0.25, 0.3) is 0 Å². The van der Waals surface area contributed by atoms with Crippen molar-refractivity contribution in [2.45, 2.75) is 33.1 Å². The molecule has 2 amide bonds. The molecule has 122 valence electrons. The summed E-state index contributed by atoms with van der Waals surface area (Å²) < 4.78 is 4.94. The topological polar surface area (TPSA) is 63.7 Å². The average Bonchev–Trinajstić information content (AvgIpc) is 2.79. The first kappa shape index (κ1) is 15.7. The number of carbonyl (C=O) groups excluding carboxylic acids is 3. The lowest BCUT2D eigenvalue weighted by molar-refractivity contribution is -0.122. The minimum Gasteiger partial charge on any atom is -0.462 e. The fourth-order valence-corrected chi connectivity index (χ4v) is 3.61. The number of hydrogen-bond donors (Lipinski definition) is 0. The number of benzene rings is 1. The number of rotatable bonds is 3. The largest absolute Gasteiger partial charge is 0.462 e. The highest BCUT2D eigenvalue weighted by atomic mass is 16.5. The van der Waals surface area contributed by atoms with Gasteiger partial charge in [-0.3, -0.25) is 14.5 Å². The molecule has 0 spiro atoms. The van der Waals surface area contributed by atoms with E-state index >= 15 is 0 Å². The van der Waals surface area contributed by atoms with Crippen LogP contribution in [0.15, 0.2) is 24.3 Å². The van der Waals surface area contributed by atoms with E-state index in [1.165, 1.54) is 4.90 Å². The highest BCUT2D eigenvalue weighted by Crippen LogP contribution is 2.42. The summed E-state index contributed by atoms with van der Waals surface area (Å²) in [5.74, 6) is -0.481. The van der Waals surface area contributed by atoms with Gasteiger partial charge < -0.3 is 4.74 Å². The van der Waals surface area contributed by atoms with E-state index in [1.54, 1.807) is 31.2 Å². The Balaban J connectivity index is 1.83. The van der Waals surface area contributed by atoms with Crippen LogP contribution in [0.2, 0.25) is 0 Å². The van der Waals surface area contributed by atoms with Crippen LogP contribution in [0.4, 0.5) is 5.69 Å². The predicted molar refractivity (Wildman–Crippen MR) is 84.9 cm³/mol. The zero-order valence-corrected chi connectivity index (χ0v) is 13.5. The molecule has 1 aliphatic carbocycles. The van der Waals surface area contributed by atoms with Crippen molar-refractivity contribution in [1.29, 1.82) is 0 Å². The summed E-state index contributed by atoms with van der Waals surface area (Å²) in [6.07, 6.45) is 2.57. The van der Waals surface area contributed by atoms with Gasteiger partial charge in [-0.1, -0.05) is 6.92 Å². The first-order valence-electron chi connectivity index (χ1n) is 8.18. The van der Waals surface area contributed by atoms with Gasteiger partial charge in [-0.15, -0.1) is 0 Å². The normalized spacial score (nSPS) is 27.0. The van der Waals surface area contributed by atoms with E-state index in [0.717, 1.165) is 19.3 Å². The summed E-state index contributed by atoms with van der Waals surface area (Å²) in [7, 11) is 0. The number of esters is 1. The molecule has 1 aromatic rings. The first-order valence-corrected chi connectivity index (χ1v) is 8.18. The molecular formula is C18H21NO4. The SMILES string of the molecule is CCOC(=O)c1ccc(N2C(=O)[C@H]3CC[C@H](C)C[C@@H]3C2=O)cc1. The van der Waals surface area contributed by atoms with Gasteiger partial charge in [-0.25, -0.2) is 4.79 Å². The van der Waals surface area contributed by atoms with Crippen molar-refractivity contribution in [3.63, 3.8) is 0 Å². The van der Waals surface area contributed by atoms with Crippen LogP contribution in [0.1, 0.15) is 43.5 Å². The van der Waals surface area contributed by atoms with Gasteiger partial charge in [0.05, 0.1) is 29.7 Å². The molecular weight excluding hydrogens is 294 g/mol. The summed E-state index contributed by atoms with van der Waals surface area (Å²) in [6.45, 7) is 4.19. The Morgan fingerprint density at radius 2 is 1.78 bits per heavy atom. The molecule has 1 aliphatic heterocycles. The van der Waals surface area contributed by atoms with Gasteiger partial charge in [0.2, 0.25) is 11.8 Å². The number of anilines is 1. The highest BCUT2D eigenvalue weighted by Gasteiger charge is 2.49. The lowest BCUT2D eigenvalue weighted by Gasteiger charge is -2.25. The maximum absolute atomic E-state index is 12.6. The lowest BCUT2D eigenvalue weighted by atomic mass is 9.76. The van der Waals surface area contributed by atoms with Gasteiger partial charge in [0.1, 0.15) is 0 Å². The van der Waals surface area contributed by atoms with Gasteiger partial charge in [0.25, 0.3) is 0 Å². The second-order valence-corrected chi connectivity index (χ2v) is 6.41. The Labute approximate surface area is 135 Å². The number of imide groups is 1. The van der Waals surface area contributed by atoms with Crippen molar-refractivity contribution >= 4 is 23.5 Å². The summed E-state index contributed by atoms with van der Waals surface area (Å²) in [5.41, 5.74) is 0.954. The number of fused-ring (bicyclic) bond motifs is 1. The van der Waals surface area contributed by atoms with Crippen LogP contribution in [0.5, 0.6) is 0 Å². The van der Waals surface area contributed by atoms with Crippen molar-refractivity contribution in [3.05, 3.63) is 29.8 Å². The second-order valence-electron chi connectivity index (χ2n) is 6.41. The van der Waals surface area contributed by atoms with Crippen LogP contribution in [-0.2, 0) is 14.3 Å². The van der Waals surface area contributed by atoms with E-state index in [1.807, 2.05) is 0 Å². The van der Waals surface area contributed by atoms with Crippen LogP contribution in [0.3, 0.4) is 0 Å². The number of nitrogens with zero attached hydrogens (tertiary/aromatic N) is 1. The molecule has 1 saturated heterocycles. The van der Waals surface area contributed by atoms with E-state index in [-0.39, 0.29) is 23.7 Å². The summed E-state index contributed by atoms with van der Waals surface area (Å²) in [5, 5.41) is 0. The minimum atomic E-state index is -0.402. The number of carbonyl (C=O) groups is 3. The molecule has 1 heterocycles. The van der Waals surface area contributed by atoms with E-state index in [9.17, 15) is 14.4 Å². The van der Waals surface area contributed by atoms with Crippen molar-refractivity contribution < 1.29 is 19.1 Å². The molecule has 0 unspecified atom stereocenters. The summed E-state index contributed by atoms with van der Waals surface area (Å²) in [6, 6.07) is 6.47. The van der Waals surface area contributed by atoms with Crippen LogP contribution >= 0.6 is 0 Å². The van der Waals surface area contributed by atoms with Crippen molar-refractivity contribution in [2.75, 3.05) is 11.5 Å². The Hall–Kier alpha value is -2.17. The zero-order chi connectivity index (χ0) is 16.6. The number of ether oxygens (including phenoxy) is 1. The molecule has 0 aromatic heterocycles. The molecule has 23 heavy (non-hydrogen) atoms. The van der Waals surface area contributed by atoms with Gasteiger partial charge in [0.15, 0.2) is 0 Å². The van der Waals surface area contributed by atoms with E-state index in [0.29, 0.717) is 23.8 Å². The van der Waals surface area contributed by atoms with Gasteiger partial charge in [-0.05, 0) is 56.4 Å². The fourth-order valence-electron chi connectivity index (χ4n) is 3.61. The van der Waals surface area contributed by atoms with Crippen molar-refractivity contribution in [2.24, 2.45) is 17.8 Å². The standard InChI is InChI=1S/C18H21NO4/c1-3-23-18(22)12-5-7-13(8-6-12)19-16(20)14-9-4-11(2)10-15(14)17(19)21/h5-8,11,14-15H,3-4,9-10H2,1-2H3/t11-,14-,15-/m0/s1. The molecule has 3 atom stereocenters. The second kappa shape index (κ2) is 6.14. The Morgan fingerprint density at radius 3 is 2.43 bits per heavy atom. The third-order valence-electron chi connectivity index (χ3n) is 4.82. The smallest absolute Gasteiger partial charge is 0.338 e. The third kappa shape index (κ3) is 2.76. The molecule has 2 fully saturated rings. The number of amides is 2. The maximum atomic E-state index is 12.6. The molecule has 5 heteroatoms. The zero-order valence-electron chi connectivity index (χ0n) is 13.5. The first-order chi connectivity index (χ1) is 11.0. The lowest BCUT2D eigenvalue weighted by Crippen LogP contribution is -2.30. The minimum absolute atomic E-state index is 0.101. The monoisotopic (exact) mass is 315 g/mol. The Morgan fingerprint density at radius 1 is 1.13 bits per heavy atom. The average molecular weight is 315 g/mol. The molecule has 5 nitrogen and oxygen atoms in total. The van der Waals surface area contributed by atoms with Crippen LogP contribution in [0, 0.1) is 17.8 Å². The molecule has 0 bridgehead atoms. The quantitative estimate of drug-likeness (QED) is 0.635. The van der Waals surface area contributed by atoms with E-state index in [2.05, 4.69) is 6.92 Å². The van der Waals surface area contributed by atoms with Gasteiger partial charge >= 0.3 is 5.97 Å². The molecule has 2 aliphatic rings. The highest BCUT2D eigenvalue weighted by molar-refractivity contribution is 6.22. The van der Waals surface area contributed by atoms with E-state index < -0.39 is 5.97 Å².